The van der Waals surface area contributed by atoms with Crippen LogP contribution in [0, 0.1) is 0 Å². The van der Waals surface area contributed by atoms with E-state index in [2.05, 4.69) is 4.72 Å². The first-order valence-electron chi connectivity index (χ1n) is 7.83. The average Bonchev–Trinajstić information content (AvgIpc) is 2.61. The molecule has 0 aliphatic carbocycles. The quantitative estimate of drug-likeness (QED) is 0.688. The van der Waals surface area contributed by atoms with Gasteiger partial charge in [0.2, 0.25) is 20.0 Å². The number of nitrogens with one attached hydrogen (secondary N) is 1. The zero-order chi connectivity index (χ0) is 17.9. The minimum atomic E-state index is -3.84. The largest absolute Gasteiger partial charge is 0.486 e. The molecule has 0 atom stereocenters. The molecular formula is C14H20N2O7S2. The molecule has 1 fully saturated rings. The lowest BCUT2D eigenvalue weighted by molar-refractivity contribution is 0.0730. The Morgan fingerprint density at radius 1 is 0.960 bits per heavy atom. The van der Waals surface area contributed by atoms with Crippen molar-refractivity contribution in [3.05, 3.63) is 18.2 Å². The van der Waals surface area contributed by atoms with E-state index in [1.165, 1.54) is 22.5 Å². The Hall–Kier alpha value is -1.40. The fraction of sp³-hybridized carbons (Fsp3) is 0.571. The van der Waals surface area contributed by atoms with Crippen LogP contribution in [0.5, 0.6) is 11.5 Å². The lowest BCUT2D eigenvalue weighted by Gasteiger charge is -2.26. The number of benzene rings is 1. The Morgan fingerprint density at radius 3 is 2.36 bits per heavy atom. The maximum atomic E-state index is 12.3. The fourth-order valence-electron chi connectivity index (χ4n) is 2.53. The van der Waals surface area contributed by atoms with Crippen molar-refractivity contribution in [2.45, 2.75) is 4.90 Å². The smallest absolute Gasteiger partial charge is 0.240 e. The van der Waals surface area contributed by atoms with Crippen LogP contribution in [0.25, 0.3) is 0 Å². The van der Waals surface area contributed by atoms with Gasteiger partial charge in [-0.3, -0.25) is 0 Å². The molecule has 11 heteroatoms. The lowest BCUT2D eigenvalue weighted by Crippen LogP contribution is -2.43. The van der Waals surface area contributed by atoms with Crippen molar-refractivity contribution in [1.82, 2.24) is 9.03 Å². The number of nitrogens with zero attached hydrogens (tertiary/aromatic N) is 1. The third-order valence-corrected chi connectivity index (χ3v) is 7.17. The maximum absolute atomic E-state index is 12.3. The Kier molecular flexibility index (Phi) is 5.49. The molecular weight excluding hydrogens is 372 g/mol. The first-order chi connectivity index (χ1) is 11.9. The first kappa shape index (κ1) is 18.4. The lowest BCUT2D eigenvalue weighted by atomic mass is 10.3. The molecule has 2 aliphatic rings. The van der Waals surface area contributed by atoms with Crippen molar-refractivity contribution >= 4 is 20.0 Å². The zero-order valence-corrected chi connectivity index (χ0v) is 15.1. The summed E-state index contributed by atoms with van der Waals surface area (Å²) in [7, 11) is -7.36. The second kappa shape index (κ2) is 7.46. The van der Waals surface area contributed by atoms with Crippen molar-refractivity contribution in [1.29, 1.82) is 0 Å². The molecule has 0 unspecified atom stereocenters. The third kappa shape index (κ3) is 4.42. The van der Waals surface area contributed by atoms with Crippen molar-refractivity contribution in [3.8, 4) is 11.5 Å². The van der Waals surface area contributed by atoms with Gasteiger partial charge in [-0.25, -0.2) is 21.6 Å². The summed E-state index contributed by atoms with van der Waals surface area (Å²) in [6, 6.07) is 4.28. The standard InChI is InChI=1S/C14H20N2O7S2/c17-24(18,16-4-6-21-7-5-16)10-3-15-25(19,20)12-1-2-13-14(11-12)23-9-8-22-13/h1-2,11,15H,3-10H2. The maximum Gasteiger partial charge on any atom is 0.240 e. The Balaban J connectivity index is 1.62. The van der Waals surface area contributed by atoms with Crippen LogP contribution in [0.1, 0.15) is 0 Å². The van der Waals surface area contributed by atoms with Crippen molar-refractivity contribution in [2.24, 2.45) is 0 Å². The predicted molar refractivity (Wildman–Crippen MR) is 88.8 cm³/mol. The molecule has 0 bridgehead atoms. The van der Waals surface area contributed by atoms with Gasteiger partial charge >= 0.3 is 0 Å². The van der Waals surface area contributed by atoms with E-state index < -0.39 is 20.0 Å². The van der Waals surface area contributed by atoms with Gasteiger partial charge in [-0.1, -0.05) is 0 Å². The summed E-state index contributed by atoms with van der Waals surface area (Å²) >= 11 is 0. The van der Waals surface area contributed by atoms with Crippen LogP contribution in [0.3, 0.4) is 0 Å². The summed E-state index contributed by atoms with van der Waals surface area (Å²) in [5, 5.41) is 0. The monoisotopic (exact) mass is 392 g/mol. The van der Waals surface area contributed by atoms with Crippen LogP contribution in [-0.2, 0) is 24.8 Å². The number of hydrogen-bond donors (Lipinski definition) is 1. The number of morpholine rings is 1. The number of sulfonamides is 2. The minimum Gasteiger partial charge on any atom is -0.486 e. The molecule has 2 aliphatic heterocycles. The van der Waals surface area contributed by atoms with Crippen molar-refractivity contribution in [2.75, 3.05) is 51.8 Å². The molecule has 3 rings (SSSR count). The highest BCUT2D eigenvalue weighted by Crippen LogP contribution is 2.32. The van der Waals surface area contributed by atoms with Crippen molar-refractivity contribution < 1.29 is 31.0 Å². The summed E-state index contributed by atoms with van der Waals surface area (Å²) in [6.07, 6.45) is 0. The zero-order valence-electron chi connectivity index (χ0n) is 13.5. The van der Waals surface area contributed by atoms with Gasteiger partial charge < -0.3 is 14.2 Å². The van der Waals surface area contributed by atoms with E-state index in [-0.39, 0.29) is 30.3 Å². The number of fused-ring (bicyclic) bond motifs is 1. The van der Waals surface area contributed by atoms with E-state index in [4.69, 9.17) is 14.2 Å². The van der Waals surface area contributed by atoms with E-state index in [0.29, 0.717) is 37.9 Å². The van der Waals surface area contributed by atoms with Crippen LogP contribution in [-0.4, -0.2) is 73.0 Å². The van der Waals surface area contributed by atoms with E-state index in [0.717, 1.165) is 0 Å². The normalized spacial score (nSPS) is 18.9. The third-order valence-electron chi connectivity index (χ3n) is 3.84. The molecule has 0 aromatic heterocycles. The second-order valence-corrected chi connectivity index (χ2v) is 9.39. The van der Waals surface area contributed by atoms with Gasteiger partial charge in [0, 0.05) is 25.7 Å². The van der Waals surface area contributed by atoms with Gasteiger partial charge in [0.15, 0.2) is 11.5 Å². The molecule has 25 heavy (non-hydrogen) atoms. The van der Waals surface area contributed by atoms with E-state index in [1.807, 2.05) is 0 Å². The molecule has 0 spiro atoms. The molecule has 1 aromatic carbocycles. The topological polar surface area (TPSA) is 111 Å². The predicted octanol–water partition coefficient (Wildman–Crippen LogP) is -0.602. The Morgan fingerprint density at radius 2 is 1.64 bits per heavy atom. The minimum absolute atomic E-state index is 0.000482. The van der Waals surface area contributed by atoms with Gasteiger partial charge in [-0.15, -0.1) is 0 Å². The average molecular weight is 392 g/mol. The SMILES string of the molecule is O=S(=O)(NCCS(=O)(=O)N1CCOCC1)c1ccc2c(c1)OCCO2. The first-order valence-corrected chi connectivity index (χ1v) is 10.9. The molecule has 0 radical (unpaired) electrons. The fourth-order valence-corrected chi connectivity index (χ4v) is 5.03. The molecule has 140 valence electrons. The summed E-state index contributed by atoms with van der Waals surface area (Å²) in [5.41, 5.74) is 0. The molecule has 0 amide bonds. The van der Waals surface area contributed by atoms with E-state index in [1.54, 1.807) is 0 Å². The Bertz CT molecular complexity index is 818. The van der Waals surface area contributed by atoms with Crippen LogP contribution in [0.2, 0.25) is 0 Å². The van der Waals surface area contributed by atoms with Crippen LogP contribution in [0.15, 0.2) is 23.1 Å². The van der Waals surface area contributed by atoms with Gasteiger partial charge in [-0.2, -0.15) is 4.31 Å². The summed E-state index contributed by atoms with van der Waals surface area (Å²) < 4.78 is 68.5. The van der Waals surface area contributed by atoms with E-state index >= 15 is 0 Å². The molecule has 2 heterocycles. The number of ether oxygens (including phenoxy) is 3. The van der Waals surface area contributed by atoms with Gasteiger partial charge in [0.25, 0.3) is 0 Å². The van der Waals surface area contributed by atoms with E-state index in [9.17, 15) is 16.8 Å². The highest BCUT2D eigenvalue weighted by atomic mass is 32.2. The molecule has 1 aromatic rings. The molecule has 9 nitrogen and oxygen atoms in total. The molecule has 1 N–H and O–H groups in total. The highest BCUT2D eigenvalue weighted by Gasteiger charge is 2.25. The van der Waals surface area contributed by atoms with Gasteiger partial charge in [0.05, 0.1) is 23.9 Å². The summed E-state index contributed by atoms with van der Waals surface area (Å²) in [6.45, 7) is 1.83. The Labute approximate surface area is 147 Å². The van der Waals surface area contributed by atoms with Crippen LogP contribution in [0.4, 0.5) is 0 Å². The van der Waals surface area contributed by atoms with Gasteiger partial charge in [0.1, 0.15) is 13.2 Å². The number of rotatable bonds is 6. The summed E-state index contributed by atoms with van der Waals surface area (Å²) in [4.78, 5) is 0.000482. The second-order valence-electron chi connectivity index (χ2n) is 5.53. The van der Waals surface area contributed by atoms with Crippen LogP contribution >= 0.6 is 0 Å². The number of hydrogen-bond acceptors (Lipinski definition) is 7. The summed E-state index contributed by atoms with van der Waals surface area (Å²) in [5.74, 6) is 0.534. The van der Waals surface area contributed by atoms with Gasteiger partial charge in [-0.05, 0) is 12.1 Å². The van der Waals surface area contributed by atoms with Crippen LogP contribution < -0.4 is 14.2 Å². The molecule has 0 saturated carbocycles. The molecule has 1 saturated heterocycles. The van der Waals surface area contributed by atoms with Crippen molar-refractivity contribution in [3.63, 3.8) is 0 Å². The highest BCUT2D eigenvalue weighted by molar-refractivity contribution is 7.90.